The average molecular weight is 285 g/mol. The summed E-state index contributed by atoms with van der Waals surface area (Å²) < 4.78 is 0. The summed E-state index contributed by atoms with van der Waals surface area (Å²) >= 11 is 0. The Morgan fingerprint density at radius 3 is 2.90 bits per heavy atom. The zero-order valence-electron chi connectivity index (χ0n) is 11.8. The number of rotatable bonds is 2. The van der Waals surface area contributed by atoms with E-state index in [4.69, 9.17) is 5.73 Å². The van der Waals surface area contributed by atoms with Crippen molar-refractivity contribution in [3.8, 4) is 0 Å². The van der Waals surface area contributed by atoms with Crippen LogP contribution in [0.2, 0.25) is 0 Å². The average Bonchev–Trinajstić information content (AvgIpc) is 2.99. The van der Waals surface area contributed by atoms with E-state index >= 15 is 0 Å². The zero-order valence-corrected chi connectivity index (χ0v) is 11.8. The van der Waals surface area contributed by atoms with E-state index in [1.165, 1.54) is 25.9 Å². The Morgan fingerprint density at radius 2 is 2.19 bits per heavy atom. The lowest BCUT2D eigenvalue weighted by Crippen LogP contribution is -2.57. The van der Waals surface area contributed by atoms with E-state index in [1.807, 2.05) is 0 Å². The minimum Gasteiger partial charge on any atom is -0.397 e. The number of benzene rings is 1. The van der Waals surface area contributed by atoms with Gasteiger partial charge in [-0.2, -0.15) is 0 Å². The van der Waals surface area contributed by atoms with Gasteiger partial charge in [0.1, 0.15) is 5.52 Å². The Balaban J connectivity index is 1.59. The van der Waals surface area contributed by atoms with Gasteiger partial charge in [-0.25, -0.2) is 4.98 Å². The van der Waals surface area contributed by atoms with Crippen LogP contribution < -0.4 is 11.1 Å². The SMILES string of the molecule is Nc1ccc(C(=O)N[C@H]2CN3CCC2CC3)c2nc[nH]c12. The van der Waals surface area contributed by atoms with Crippen molar-refractivity contribution in [3.63, 3.8) is 0 Å². The first-order valence-corrected chi connectivity index (χ1v) is 7.47. The Bertz CT molecular complexity index is 686. The summed E-state index contributed by atoms with van der Waals surface area (Å²) in [6, 6.07) is 3.77. The maximum Gasteiger partial charge on any atom is 0.253 e. The number of hydrogen-bond acceptors (Lipinski definition) is 4. The van der Waals surface area contributed by atoms with Gasteiger partial charge in [0.05, 0.1) is 23.1 Å². The molecule has 6 nitrogen and oxygen atoms in total. The molecular formula is C15H19N5O. The van der Waals surface area contributed by atoms with Crippen LogP contribution >= 0.6 is 0 Å². The number of fused-ring (bicyclic) bond motifs is 4. The minimum absolute atomic E-state index is 0.0501. The summed E-state index contributed by atoms with van der Waals surface area (Å²) in [6.45, 7) is 3.31. The molecule has 0 aliphatic carbocycles. The van der Waals surface area contributed by atoms with E-state index < -0.39 is 0 Å². The zero-order chi connectivity index (χ0) is 14.4. The lowest BCUT2D eigenvalue weighted by atomic mass is 9.84. The van der Waals surface area contributed by atoms with Gasteiger partial charge in [-0.1, -0.05) is 0 Å². The molecule has 1 aromatic carbocycles. The number of nitrogen functional groups attached to an aromatic ring is 1. The maximum atomic E-state index is 12.6. The highest BCUT2D eigenvalue weighted by Crippen LogP contribution is 2.28. The quantitative estimate of drug-likeness (QED) is 0.718. The molecule has 5 rings (SSSR count). The fourth-order valence-electron chi connectivity index (χ4n) is 3.61. The highest BCUT2D eigenvalue weighted by atomic mass is 16.1. The second-order valence-electron chi connectivity index (χ2n) is 6.05. The number of H-pyrrole nitrogens is 1. The third-order valence-corrected chi connectivity index (χ3v) is 4.83. The molecule has 2 aromatic rings. The minimum atomic E-state index is -0.0501. The van der Waals surface area contributed by atoms with Crippen molar-refractivity contribution in [1.29, 1.82) is 0 Å². The van der Waals surface area contributed by atoms with E-state index in [-0.39, 0.29) is 11.9 Å². The van der Waals surface area contributed by atoms with Crippen molar-refractivity contribution >= 4 is 22.6 Å². The van der Waals surface area contributed by atoms with Gasteiger partial charge in [0, 0.05) is 12.6 Å². The van der Waals surface area contributed by atoms with Crippen molar-refractivity contribution in [2.45, 2.75) is 18.9 Å². The first-order chi connectivity index (χ1) is 10.2. The summed E-state index contributed by atoms with van der Waals surface area (Å²) in [7, 11) is 0. The van der Waals surface area contributed by atoms with E-state index in [9.17, 15) is 4.79 Å². The highest BCUT2D eigenvalue weighted by molar-refractivity contribution is 6.07. The summed E-state index contributed by atoms with van der Waals surface area (Å²) in [4.78, 5) is 22.2. The molecule has 0 radical (unpaired) electrons. The number of amides is 1. The van der Waals surface area contributed by atoms with Gasteiger partial charge in [0.2, 0.25) is 0 Å². The van der Waals surface area contributed by atoms with Gasteiger partial charge >= 0.3 is 0 Å². The van der Waals surface area contributed by atoms with Gasteiger partial charge in [-0.3, -0.25) is 4.79 Å². The number of nitrogens with two attached hydrogens (primary N) is 1. The van der Waals surface area contributed by atoms with Crippen LogP contribution in [0.25, 0.3) is 11.0 Å². The fourth-order valence-corrected chi connectivity index (χ4v) is 3.61. The van der Waals surface area contributed by atoms with Gasteiger partial charge in [-0.15, -0.1) is 0 Å². The summed E-state index contributed by atoms with van der Waals surface area (Å²) in [6.07, 6.45) is 3.95. The Kier molecular flexibility index (Phi) is 2.85. The number of carbonyl (C=O) groups excluding carboxylic acids is 1. The van der Waals surface area contributed by atoms with Crippen molar-refractivity contribution in [2.24, 2.45) is 5.92 Å². The Morgan fingerprint density at radius 1 is 1.38 bits per heavy atom. The molecule has 3 aliphatic rings. The molecule has 1 aromatic heterocycles. The van der Waals surface area contributed by atoms with Crippen LogP contribution in [-0.4, -0.2) is 46.5 Å². The molecule has 1 amide bonds. The topological polar surface area (TPSA) is 87.0 Å². The molecule has 2 bridgehead atoms. The maximum absolute atomic E-state index is 12.6. The molecule has 4 N–H and O–H groups in total. The van der Waals surface area contributed by atoms with Crippen molar-refractivity contribution < 1.29 is 4.79 Å². The van der Waals surface area contributed by atoms with Crippen LogP contribution in [0.3, 0.4) is 0 Å². The normalized spacial score (nSPS) is 27.9. The Labute approximate surface area is 122 Å². The molecular weight excluding hydrogens is 266 g/mol. The third-order valence-electron chi connectivity index (χ3n) is 4.83. The van der Waals surface area contributed by atoms with Gasteiger partial charge < -0.3 is 20.9 Å². The molecule has 0 unspecified atom stereocenters. The molecule has 0 saturated carbocycles. The first-order valence-electron chi connectivity index (χ1n) is 7.47. The lowest BCUT2D eigenvalue weighted by Gasteiger charge is -2.44. The summed E-state index contributed by atoms with van der Waals surface area (Å²) in [5.74, 6) is 0.563. The van der Waals surface area contributed by atoms with Crippen molar-refractivity contribution in [1.82, 2.24) is 20.2 Å². The number of hydrogen-bond donors (Lipinski definition) is 3. The van der Waals surface area contributed by atoms with E-state index in [1.54, 1.807) is 18.5 Å². The Hall–Kier alpha value is -2.08. The molecule has 6 heteroatoms. The lowest BCUT2D eigenvalue weighted by molar-refractivity contribution is 0.0621. The smallest absolute Gasteiger partial charge is 0.253 e. The first kappa shape index (κ1) is 12.6. The molecule has 3 fully saturated rings. The van der Waals surface area contributed by atoms with Gasteiger partial charge in [0.25, 0.3) is 5.91 Å². The van der Waals surface area contributed by atoms with E-state index in [0.29, 0.717) is 22.7 Å². The number of aromatic nitrogens is 2. The van der Waals surface area contributed by atoms with Crippen LogP contribution in [0.5, 0.6) is 0 Å². The second-order valence-corrected chi connectivity index (χ2v) is 6.05. The van der Waals surface area contributed by atoms with Gasteiger partial charge in [-0.05, 0) is 44.0 Å². The monoisotopic (exact) mass is 285 g/mol. The molecule has 3 aliphatic heterocycles. The standard InChI is InChI=1S/C15H19N5O/c16-11-2-1-10(13-14(11)18-8-17-13)15(21)19-12-7-20-5-3-9(12)4-6-20/h1-2,8-9,12H,3-7,16H2,(H,17,18)(H,19,21)/t12-/m0/s1. The number of carbonyl (C=O) groups is 1. The van der Waals surface area contributed by atoms with Crippen molar-refractivity contribution in [3.05, 3.63) is 24.0 Å². The van der Waals surface area contributed by atoms with Crippen LogP contribution in [0.15, 0.2) is 18.5 Å². The van der Waals surface area contributed by atoms with Crippen LogP contribution in [0.4, 0.5) is 5.69 Å². The van der Waals surface area contributed by atoms with Crippen LogP contribution in [-0.2, 0) is 0 Å². The van der Waals surface area contributed by atoms with Crippen LogP contribution in [0.1, 0.15) is 23.2 Å². The molecule has 0 spiro atoms. The number of imidazole rings is 1. The molecule has 3 saturated heterocycles. The second kappa shape index (κ2) is 4.73. The third kappa shape index (κ3) is 2.06. The predicted molar refractivity (Wildman–Crippen MR) is 80.9 cm³/mol. The van der Waals surface area contributed by atoms with Gasteiger partial charge in [0.15, 0.2) is 0 Å². The summed E-state index contributed by atoms with van der Waals surface area (Å²) in [5.41, 5.74) is 8.48. The van der Waals surface area contributed by atoms with E-state index in [0.717, 1.165) is 12.1 Å². The number of aromatic amines is 1. The number of anilines is 1. The molecule has 1 atom stereocenters. The largest absolute Gasteiger partial charge is 0.397 e. The number of nitrogens with one attached hydrogen (secondary N) is 2. The number of piperidine rings is 3. The molecule has 110 valence electrons. The van der Waals surface area contributed by atoms with Crippen molar-refractivity contribution in [2.75, 3.05) is 25.4 Å². The van der Waals surface area contributed by atoms with Crippen LogP contribution in [0, 0.1) is 5.92 Å². The molecule has 21 heavy (non-hydrogen) atoms. The predicted octanol–water partition coefficient (Wildman–Crippen LogP) is 0.969. The number of nitrogens with zero attached hydrogens (tertiary/aromatic N) is 2. The van der Waals surface area contributed by atoms with E-state index in [2.05, 4.69) is 20.2 Å². The highest BCUT2D eigenvalue weighted by Gasteiger charge is 2.35. The fraction of sp³-hybridized carbons (Fsp3) is 0.467. The summed E-state index contributed by atoms with van der Waals surface area (Å²) in [5, 5.41) is 3.19. The molecule has 4 heterocycles.